The van der Waals surface area contributed by atoms with Crippen molar-refractivity contribution in [1.29, 1.82) is 0 Å². The summed E-state index contributed by atoms with van der Waals surface area (Å²) in [7, 11) is 1.17. The summed E-state index contributed by atoms with van der Waals surface area (Å²) in [5, 5.41) is 0. The molecule has 0 N–H and O–H groups in total. The van der Waals surface area contributed by atoms with Crippen molar-refractivity contribution < 1.29 is 22.7 Å². The van der Waals surface area contributed by atoms with Gasteiger partial charge in [-0.3, -0.25) is 4.98 Å². The number of hydrogen-bond donors (Lipinski definition) is 0. The monoisotopic (exact) mass is 231 g/mol. The summed E-state index contributed by atoms with van der Waals surface area (Å²) >= 11 is 0. The lowest BCUT2D eigenvalue weighted by molar-refractivity contribution is -0.137. The second-order valence-corrected chi connectivity index (χ2v) is 2.82. The van der Waals surface area contributed by atoms with Gasteiger partial charge >= 0.3 is 12.1 Å². The summed E-state index contributed by atoms with van der Waals surface area (Å²) in [6, 6.07) is 1.70. The number of esters is 1. The number of halogens is 3. The van der Waals surface area contributed by atoms with Crippen LogP contribution in [-0.2, 0) is 15.7 Å². The molecule has 0 aliphatic rings. The van der Waals surface area contributed by atoms with Gasteiger partial charge in [-0.2, -0.15) is 13.2 Å². The summed E-state index contributed by atoms with van der Waals surface area (Å²) < 4.78 is 41.2. The van der Waals surface area contributed by atoms with Crippen molar-refractivity contribution in [3.8, 4) is 0 Å². The molecule has 0 saturated heterocycles. The summed E-state index contributed by atoms with van der Waals surface area (Å²) in [6.45, 7) is 0. The zero-order valence-corrected chi connectivity index (χ0v) is 8.28. The van der Waals surface area contributed by atoms with E-state index >= 15 is 0 Å². The van der Waals surface area contributed by atoms with Crippen LogP contribution in [0, 0.1) is 0 Å². The molecule has 1 aromatic rings. The minimum atomic E-state index is -4.42. The Labute approximate surface area is 89.6 Å². The first-order valence-electron chi connectivity index (χ1n) is 4.23. The highest BCUT2D eigenvalue weighted by molar-refractivity contribution is 5.86. The lowest BCUT2D eigenvalue weighted by Gasteiger charge is -2.05. The van der Waals surface area contributed by atoms with Crippen LogP contribution in [-0.4, -0.2) is 18.1 Å². The highest BCUT2D eigenvalue weighted by atomic mass is 19.4. The molecule has 86 valence electrons. The minimum absolute atomic E-state index is 0.0419. The molecular formula is C10H8F3NO2. The van der Waals surface area contributed by atoms with E-state index in [4.69, 9.17) is 0 Å². The van der Waals surface area contributed by atoms with Crippen molar-refractivity contribution in [3.05, 3.63) is 35.7 Å². The molecule has 16 heavy (non-hydrogen) atoms. The highest BCUT2D eigenvalue weighted by Gasteiger charge is 2.30. The molecule has 3 nitrogen and oxygen atoms in total. The molecule has 0 aliphatic heterocycles. The Morgan fingerprint density at radius 2 is 2.19 bits per heavy atom. The second-order valence-electron chi connectivity index (χ2n) is 2.82. The Balaban J connectivity index is 2.91. The number of nitrogens with zero attached hydrogens (tertiary/aromatic N) is 1. The third kappa shape index (κ3) is 3.38. The molecule has 0 unspecified atom stereocenters. The maximum absolute atomic E-state index is 12.3. The zero-order chi connectivity index (χ0) is 12.2. The van der Waals surface area contributed by atoms with Gasteiger partial charge in [0.05, 0.1) is 18.4 Å². The van der Waals surface area contributed by atoms with E-state index in [1.165, 1.54) is 7.11 Å². The van der Waals surface area contributed by atoms with Crippen LogP contribution in [0.2, 0.25) is 0 Å². The van der Waals surface area contributed by atoms with Gasteiger partial charge in [0.25, 0.3) is 0 Å². The van der Waals surface area contributed by atoms with Crippen LogP contribution in [0.5, 0.6) is 0 Å². The van der Waals surface area contributed by atoms with Gasteiger partial charge in [-0.1, -0.05) is 0 Å². The smallest absolute Gasteiger partial charge is 0.416 e. The van der Waals surface area contributed by atoms with Crippen LogP contribution in [0.25, 0.3) is 6.08 Å². The molecule has 1 aromatic heterocycles. The van der Waals surface area contributed by atoms with E-state index in [0.717, 1.165) is 30.5 Å². The quantitative estimate of drug-likeness (QED) is 0.579. The third-order valence-electron chi connectivity index (χ3n) is 1.70. The number of methoxy groups -OCH3 is 1. The first-order valence-corrected chi connectivity index (χ1v) is 4.23. The lowest BCUT2D eigenvalue weighted by atomic mass is 10.2. The average Bonchev–Trinajstić information content (AvgIpc) is 2.25. The van der Waals surface area contributed by atoms with Crippen molar-refractivity contribution >= 4 is 12.0 Å². The van der Waals surface area contributed by atoms with E-state index in [1.54, 1.807) is 0 Å². The number of carbonyl (C=O) groups is 1. The summed E-state index contributed by atoms with van der Waals surface area (Å²) in [4.78, 5) is 14.4. The second kappa shape index (κ2) is 4.78. The topological polar surface area (TPSA) is 39.2 Å². The Bertz CT molecular complexity index is 413. The Morgan fingerprint density at radius 3 is 2.75 bits per heavy atom. The number of carbonyl (C=O) groups excluding carboxylic acids is 1. The predicted molar refractivity (Wildman–Crippen MR) is 50.3 cm³/mol. The molecule has 6 heteroatoms. The average molecular weight is 231 g/mol. The number of ether oxygens (including phenoxy) is 1. The Kier molecular flexibility index (Phi) is 3.65. The summed E-state index contributed by atoms with van der Waals surface area (Å²) in [5.41, 5.74) is -0.771. The number of pyridine rings is 1. The van der Waals surface area contributed by atoms with Crippen molar-refractivity contribution in [1.82, 2.24) is 4.98 Å². The first kappa shape index (κ1) is 12.2. The molecule has 0 aromatic carbocycles. The predicted octanol–water partition coefficient (Wildman–Crippen LogP) is 2.29. The van der Waals surface area contributed by atoms with Gasteiger partial charge in [-0.25, -0.2) is 4.79 Å². The van der Waals surface area contributed by atoms with Crippen molar-refractivity contribution in [2.24, 2.45) is 0 Å². The molecule has 0 aliphatic carbocycles. The molecule has 0 saturated carbocycles. The molecule has 0 atom stereocenters. The fraction of sp³-hybridized carbons (Fsp3) is 0.200. The normalized spacial score (nSPS) is 11.8. The molecule has 0 radical (unpaired) electrons. The van der Waals surface area contributed by atoms with Gasteiger partial charge < -0.3 is 4.74 Å². The van der Waals surface area contributed by atoms with Crippen molar-refractivity contribution in [3.63, 3.8) is 0 Å². The van der Waals surface area contributed by atoms with E-state index in [1.807, 2.05) is 0 Å². The van der Waals surface area contributed by atoms with Gasteiger partial charge in [0.15, 0.2) is 0 Å². The van der Waals surface area contributed by atoms with Gasteiger partial charge in [-0.15, -0.1) is 0 Å². The maximum atomic E-state index is 12.3. The fourth-order valence-electron chi connectivity index (χ4n) is 0.937. The summed E-state index contributed by atoms with van der Waals surface area (Å²) in [5.74, 6) is -0.654. The van der Waals surface area contributed by atoms with Crippen LogP contribution < -0.4 is 0 Å². The Hall–Kier alpha value is -1.85. The lowest BCUT2D eigenvalue weighted by Crippen LogP contribution is -2.05. The van der Waals surface area contributed by atoms with E-state index < -0.39 is 17.7 Å². The van der Waals surface area contributed by atoms with Crippen LogP contribution in [0.4, 0.5) is 13.2 Å². The minimum Gasteiger partial charge on any atom is -0.466 e. The van der Waals surface area contributed by atoms with Gasteiger partial charge in [0.1, 0.15) is 0 Å². The SMILES string of the molecule is COC(=O)C=Cc1cc(C(F)(F)F)ccn1. The van der Waals surface area contributed by atoms with Crippen LogP contribution >= 0.6 is 0 Å². The molecule has 0 fully saturated rings. The molecule has 0 bridgehead atoms. The van der Waals surface area contributed by atoms with E-state index in [2.05, 4.69) is 9.72 Å². The third-order valence-corrected chi connectivity index (χ3v) is 1.70. The standard InChI is InChI=1S/C10H8F3NO2/c1-16-9(15)3-2-8-6-7(4-5-14-8)10(11,12)13/h2-6H,1H3. The van der Waals surface area contributed by atoms with Crippen LogP contribution in [0.1, 0.15) is 11.3 Å². The molecule has 0 spiro atoms. The fourth-order valence-corrected chi connectivity index (χ4v) is 0.937. The van der Waals surface area contributed by atoms with E-state index in [9.17, 15) is 18.0 Å². The molecule has 1 heterocycles. The highest BCUT2D eigenvalue weighted by Crippen LogP contribution is 2.29. The molecule has 1 rings (SSSR count). The van der Waals surface area contributed by atoms with Gasteiger partial charge in [0.2, 0.25) is 0 Å². The maximum Gasteiger partial charge on any atom is 0.416 e. The number of hydrogen-bond acceptors (Lipinski definition) is 3. The number of rotatable bonds is 2. The van der Waals surface area contributed by atoms with Crippen molar-refractivity contribution in [2.75, 3.05) is 7.11 Å². The summed E-state index contributed by atoms with van der Waals surface area (Å²) in [6.07, 6.45) is -1.24. The van der Waals surface area contributed by atoms with Crippen molar-refractivity contribution in [2.45, 2.75) is 6.18 Å². The zero-order valence-electron chi connectivity index (χ0n) is 8.28. The largest absolute Gasteiger partial charge is 0.466 e. The van der Waals surface area contributed by atoms with Gasteiger partial charge in [-0.05, 0) is 18.2 Å². The number of alkyl halides is 3. The van der Waals surface area contributed by atoms with Crippen LogP contribution in [0.15, 0.2) is 24.4 Å². The van der Waals surface area contributed by atoms with Gasteiger partial charge in [0, 0.05) is 12.3 Å². The molecular weight excluding hydrogens is 223 g/mol. The number of aromatic nitrogens is 1. The van der Waals surface area contributed by atoms with E-state index in [-0.39, 0.29) is 5.69 Å². The Morgan fingerprint density at radius 1 is 1.50 bits per heavy atom. The van der Waals surface area contributed by atoms with E-state index in [0.29, 0.717) is 0 Å². The first-order chi connectivity index (χ1) is 7.43. The molecule has 0 amide bonds. The van der Waals surface area contributed by atoms with Crippen LogP contribution in [0.3, 0.4) is 0 Å².